The molecular weight excluding hydrogens is 390 g/mol. The maximum absolute atomic E-state index is 5.47. The highest BCUT2D eigenvalue weighted by molar-refractivity contribution is 5.85. The van der Waals surface area contributed by atoms with Gasteiger partial charge in [-0.2, -0.15) is 20.1 Å². The number of nitrogens with one attached hydrogen (secondary N) is 2. The number of ether oxygens (including phenoxy) is 1. The first kappa shape index (κ1) is 21.5. The first-order chi connectivity index (χ1) is 15.0. The van der Waals surface area contributed by atoms with Gasteiger partial charge in [-0.25, -0.2) is 5.43 Å². The van der Waals surface area contributed by atoms with Crippen molar-refractivity contribution in [2.24, 2.45) is 16.4 Å². The third-order valence-electron chi connectivity index (χ3n) is 6.05. The highest BCUT2D eigenvalue weighted by Crippen LogP contribution is 2.36. The minimum atomic E-state index is 0.359. The Labute approximate surface area is 184 Å². The molecule has 0 amide bonds. The first-order valence-electron chi connectivity index (χ1n) is 11.2. The predicted molar refractivity (Wildman–Crippen MR) is 125 cm³/mol. The van der Waals surface area contributed by atoms with Crippen molar-refractivity contribution < 1.29 is 4.74 Å². The average Bonchev–Trinajstić information content (AvgIpc) is 2.78. The van der Waals surface area contributed by atoms with E-state index in [9.17, 15) is 0 Å². The van der Waals surface area contributed by atoms with Crippen LogP contribution in [0.3, 0.4) is 0 Å². The van der Waals surface area contributed by atoms with Crippen LogP contribution in [0.25, 0.3) is 0 Å². The van der Waals surface area contributed by atoms with Crippen LogP contribution in [0.15, 0.2) is 35.4 Å². The van der Waals surface area contributed by atoms with E-state index in [0.29, 0.717) is 36.5 Å². The molecule has 0 spiro atoms. The molecule has 2 fully saturated rings. The van der Waals surface area contributed by atoms with Gasteiger partial charge in [0.05, 0.1) is 13.2 Å². The van der Waals surface area contributed by atoms with E-state index in [0.717, 1.165) is 37.5 Å². The van der Waals surface area contributed by atoms with Crippen LogP contribution in [0.5, 0.6) is 0 Å². The molecule has 166 valence electrons. The van der Waals surface area contributed by atoms with E-state index in [4.69, 9.17) is 4.74 Å². The van der Waals surface area contributed by atoms with Gasteiger partial charge in [-0.15, -0.1) is 0 Å². The smallest absolute Gasteiger partial charge is 0.250 e. The second-order valence-electron chi connectivity index (χ2n) is 9.30. The monoisotopic (exact) mass is 423 g/mol. The molecule has 2 aromatic rings. The zero-order valence-electron chi connectivity index (χ0n) is 18.8. The molecule has 0 unspecified atom stereocenters. The molecule has 1 saturated carbocycles. The van der Waals surface area contributed by atoms with Crippen LogP contribution >= 0.6 is 0 Å². The molecule has 0 bridgehead atoms. The molecule has 8 nitrogen and oxygen atoms in total. The zero-order chi connectivity index (χ0) is 21.7. The summed E-state index contributed by atoms with van der Waals surface area (Å²) in [5, 5.41) is 7.92. The third-order valence-corrected chi connectivity index (χ3v) is 6.05. The molecular formula is C23H33N7O. The third kappa shape index (κ3) is 5.91. The highest BCUT2D eigenvalue weighted by atomic mass is 16.5. The quantitative estimate of drug-likeness (QED) is 0.687. The van der Waals surface area contributed by atoms with Gasteiger partial charge in [0.25, 0.3) is 0 Å². The number of benzene rings is 1. The highest BCUT2D eigenvalue weighted by Gasteiger charge is 2.28. The van der Waals surface area contributed by atoms with Gasteiger partial charge in [-0.1, -0.05) is 39.0 Å². The second-order valence-corrected chi connectivity index (χ2v) is 9.30. The molecule has 8 heteroatoms. The van der Waals surface area contributed by atoms with Crippen LogP contribution in [-0.2, 0) is 4.74 Å². The van der Waals surface area contributed by atoms with E-state index in [1.54, 1.807) is 0 Å². The van der Waals surface area contributed by atoms with Gasteiger partial charge in [-0.3, -0.25) is 0 Å². The van der Waals surface area contributed by atoms with E-state index in [2.05, 4.69) is 56.5 Å². The van der Waals surface area contributed by atoms with Crippen molar-refractivity contribution in [1.82, 2.24) is 15.0 Å². The number of anilines is 4. The number of nitrogens with zero attached hydrogens (tertiary/aromatic N) is 5. The summed E-state index contributed by atoms with van der Waals surface area (Å²) >= 11 is 0. The van der Waals surface area contributed by atoms with Crippen molar-refractivity contribution in [2.45, 2.75) is 46.5 Å². The first-order valence-corrected chi connectivity index (χ1v) is 11.2. The molecule has 4 rings (SSSR count). The van der Waals surface area contributed by atoms with Crippen LogP contribution in [-0.4, -0.2) is 47.0 Å². The van der Waals surface area contributed by atoms with Crippen LogP contribution in [0, 0.1) is 11.3 Å². The molecule has 1 saturated heterocycles. The maximum atomic E-state index is 5.47. The van der Waals surface area contributed by atoms with Gasteiger partial charge in [-0.05, 0) is 49.1 Å². The molecule has 2 N–H and O–H groups in total. The lowest BCUT2D eigenvalue weighted by atomic mass is 9.72. The van der Waals surface area contributed by atoms with Crippen molar-refractivity contribution in [3.8, 4) is 0 Å². The van der Waals surface area contributed by atoms with E-state index >= 15 is 0 Å². The number of rotatable bonds is 5. The summed E-state index contributed by atoms with van der Waals surface area (Å²) in [5.74, 6) is 2.34. The molecule has 1 aromatic heterocycles. The fourth-order valence-corrected chi connectivity index (χ4v) is 4.08. The molecule has 1 aromatic carbocycles. The van der Waals surface area contributed by atoms with E-state index in [-0.39, 0.29) is 0 Å². The normalized spacial score (nSPS) is 19.8. The number of aromatic nitrogens is 3. The van der Waals surface area contributed by atoms with Crippen molar-refractivity contribution in [3.05, 3.63) is 30.3 Å². The fraction of sp³-hybridized carbons (Fsp3) is 0.565. The van der Waals surface area contributed by atoms with Gasteiger partial charge >= 0.3 is 0 Å². The van der Waals surface area contributed by atoms with E-state index in [1.165, 1.54) is 18.6 Å². The standard InChI is InChI=1S/C23H33N7O/c1-23(2,3)17-9-11-19(12-10-17)28-29-21-25-20(24-18-7-5-4-6-8-18)26-22(27-21)30-13-15-31-16-14-30/h4-8,17H,9-16H2,1-3H3,(H2,24,25,26,27,29). The van der Waals surface area contributed by atoms with Crippen LogP contribution in [0.2, 0.25) is 0 Å². The molecule has 1 aliphatic heterocycles. The summed E-state index contributed by atoms with van der Waals surface area (Å²) in [7, 11) is 0. The lowest BCUT2D eigenvalue weighted by Gasteiger charge is -2.34. The molecule has 2 heterocycles. The molecule has 0 radical (unpaired) electrons. The Bertz CT molecular complexity index is 879. The van der Waals surface area contributed by atoms with E-state index in [1.807, 2.05) is 30.3 Å². The maximum Gasteiger partial charge on any atom is 0.250 e. The lowest BCUT2D eigenvalue weighted by molar-refractivity contribution is 0.122. The lowest BCUT2D eigenvalue weighted by Crippen LogP contribution is -2.37. The number of hydrogen-bond donors (Lipinski definition) is 2. The number of hydrazone groups is 1. The Balaban J connectivity index is 1.50. The predicted octanol–water partition coefficient (Wildman–Crippen LogP) is 4.46. The number of para-hydroxylation sites is 1. The second kappa shape index (κ2) is 9.60. The van der Waals surface area contributed by atoms with Crippen LogP contribution < -0.4 is 15.6 Å². The van der Waals surface area contributed by atoms with Crippen LogP contribution in [0.1, 0.15) is 46.5 Å². The Morgan fingerprint density at radius 1 is 0.968 bits per heavy atom. The largest absolute Gasteiger partial charge is 0.378 e. The van der Waals surface area contributed by atoms with Gasteiger partial charge in [0, 0.05) is 24.5 Å². The number of morpholine rings is 1. The topological polar surface area (TPSA) is 87.6 Å². The Kier molecular flexibility index (Phi) is 6.65. The summed E-state index contributed by atoms with van der Waals surface area (Å²) < 4.78 is 5.47. The van der Waals surface area contributed by atoms with Gasteiger partial charge in [0.2, 0.25) is 17.8 Å². The Morgan fingerprint density at radius 3 is 2.32 bits per heavy atom. The minimum Gasteiger partial charge on any atom is -0.378 e. The Hall–Kier alpha value is -2.74. The summed E-state index contributed by atoms with van der Waals surface area (Å²) in [6.45, 7) is 9.86. The van der Waals surface area contributed by atoms with Crippen molar-refractivity contribution in [2.75, 3.05) is 41.9 Å². The molecule has 2 aliphatic rings. The summed E-state index contributed by atoms with van der Waals surface area (Å²) in [6, 6.07) is 9.91. The SMILES string of the molecule is CC(C)(C)C1CCC(=NNc2nc(Nc3ccccc3)nc(N3CCOCC3)n2)CC1. The molecule has 31 heavy (non-hydrogen) atoms. The Morgan fingerprint density at radius 2 is 1.65 bits per heavy atom. The summed E-state index contributed by atoms with van der Waals surface area (Å²) in [5.41, 5.74) is 5.58. The van der Waals surface area contributed by atoms with E-state index < -0.39 is 0 Å². The molecule has 1 aliphatic carbocycles. The van der Waals surface area contributed by atoms with Gasteiger partial charge in [0.15, 0.2) is 0 Å². The minimum absolute atomic E-state index is 0.359. The fourth-order valence-electron chi connectivity index (χ4n) is 4.08. The number of hydrogen-bond acceptors (Lipinski definition) is 8. The summed E-state index contributed by atoms with van der Waals surface area (Å²) in [6.07, 6.45) is 4.40. The van der Waals surface area contributed by atoms with Gasteiger partial charge < -0.3 is 15.0 Å². The van der Waals surface area contributed by atoms with Gasteiger partial charge in [0.1, 0.15) is 0 Å². The summed E-state index contributed by atoms with van der Waals surface area (Å²) in [4.78, 5) is 15.9. The van der Waals surface area contributed by atoms with Crippen LogP contribution in [0.4, 0.5) is 23.5 Å². The molecule has 0 atom stereocenters. The average molecular weight is 424 g/mol. The van der Waals surface area contributed by atoms with Crippen molar-refractivity contribution in [1.29, 1.82) is 0 Å². The van der Waals surface area contributed by atoms with Crippen molar-refractivity contribution in [3.63, 3.8) is 0 Å². The zero-order valence-corrected chi connectivity index (χ0v) is 18.8. The van der Waals surface area contributed by atoms with Crippen molar-refractivity contribution >= 4 is 29.2 Å².